The average molecular weight is 299 g/mol. The summed E-state index contributed by atoms with van der Waals surface area (Å²) in [7, 11) is 1.59. The second-order valence-electron chi connectivity index (χ2n) is 3.32. The number of anilines is 1. The van der Waals surface area contributed by atoms with Gasteiger partial charge >= 0.3 is 0 Å². The van der Waals surface area contributed by atoms with Gasteiger partial charge < -0.3 is 15.4 Å². The number of amides is 1. The van der Waals surface area contributed by atoms with Crippen LogP contribution in [0, 0.1) is 0 Å². The van der Waals surface area contributed by atoms with Crippen LogP contribution in [0.3, 0.4) is 0 Å². The highest BCUT2D eigenvalue weighted by Gasteiger charge is 2.04. The molecule has 5 heteroatoms. The van der Waals surface area contributed by atoms with E-state index in [0.717, 1.165) is 15.9 Å². The highest BCUT2D eigenvalue weighted by atomic mass is 79.9. The first-order valence-electron chi connectivity index (χ1n) is 5.12. The van der Waals surface area contributed by atoms with Crippen molar-refractivity contribution in [2.75, 3.05) is 25.5 Å². The Labute approximate surface area is 109 Å². The van der Waals surface area contributed by atoms with Gasteiger partial charge in [-0.05, 0) is 34.1 Å². The molecule has 0 saturated carbocycles. The Morgan fingerprint density at radius 3 is 2.94 bits per heavy atom. The van der Waals surface area contributed by atoms with E-state index in [-0.39, 0.29) is 12.5 Å². The molecule has 0 aromatic heterocycles. The molecule has 0 atom stereocenters. The molecule has 4 nitrogen and oxygen atoms in total. The number of benzene rings is 1. The predicted octanol–water partition coefficient (Wildman–Crippen LogP) is 2.17. The zero-order valence-corrected chi connectivity index (χ0v) is 11.2. The molecule has 0 unspecified atom stereocenters. The first-order chi connectivity index (χ1) is 8.17. The fourth-order valence-corrected chi connectivity index (χ4v) is 1.78. The van der Waals surface area contributed by atoms with Crippen molar-refractivity contribution >= 4 is 27.5 Å². The second-order valence-corrected chi connectivity index (χ2v) is 4.17. The average Bonchev–Trinajstić information content (AvgIpc) is 2.29. The van der Waals surface area contributed by atoms with Crippen molar-refractivity contribution in [3.63, 3.8) is 0 Å². The van der Waals surface area contributed by atoms with Crippen LogP contribution in [-0.2, 0) is 4.79 Å². The summed E-state index contributed by atoms with van der Waals surface area (Å²) in [6, 6.07) is 5.37. The molecule has 0 aliphatic heterocycles. The summed E-state index contributed by atoms with van der Waals surface area (Å²) in [5, 5.41) is 5.70. The topological polar surface area (TPSA) is 50.4 Å². The van der Waals surface area contributed by atoms with Gasteiger partial charge in [0.15, 0.2) is 0 Å². The van der Waals surface area contributed by atoms with Crippen LogP contribution >= 0.6 is 15.9 Å². The number of hydrogen-bond acceptors (Lipinski definition) is 3. The smallest absolute Gasteiger partial charge is 0.238 e. The number of methoxy groups -OCH3 is 1. The molecule has 0 spiro atoms. The largest absolute Gasteiger partial charge is 0.496 e. The molecular weight excluding hydrogens is 284 g/mol. The van der Waals surface area contributed by atoms with Crippen LogP contribution in [-0.4, -0.2) is 26.1 Å². The highest BCUT2D eigenvalue weighted by molar-refractivity contribution is 9.10. The van der Waals surface area contributed by atoms with Crippen molar-refractivity contribution in [3.05, 3.63) is 35.3 Å². The molecule has 0 fully saturated rings. The molecule has 92 valence electrons. The molecular formula is C12H15BrN2O2. The molecule has 0 saturated heterocycles. The zero-order chi connectivity index (χ0) is 12.7. The van der Waals surface area contributed by atoms with Crippen LogP contribution in [0.1, 0.15) is 0 Å². The second kappa shape index (κ2) is 7.09. The third-order valence-electron chi connectivity index (χ3n) is 2.01. The van der Waals surface area contributed by atoms with E-state index >= 15 is 0 Å². The van der Waals surface area contributed by atoms with Gasteiger partial charge in [-0.25, -0.2) is 0 Å². The van der Waals surface area contributed by atoms with Crippen LogP contribution in [0.25, 0.3) is 0 Å². The molecule has 2 N–H and O–H groups in total. The van der Waals surface area contributed by atoms with Crippen molar-refractivity contribution < 1.29 is 9.53 Å². The Morgan fingerprint density at radius 1 is 1.59 bits per heavy atom. The number of rotatable bonds is 6. The van der Waals surface area contributed by atoms with Gasteiger partial charge in [0.1, 0.15) is 5.75 Å². The number of carbonyl (C=O) groups excluding carboxylic acids is 1. The minimum Gasteiger partial charge on any atom is -0.496 e. The maximum absolute atomic E-state index is 11.5. The molecule has 0 heterocycles. The summed E-state index contributed by atoms with van der Waals surface area (Å²) in [6.07, 6.45) is 1.71. The summed E-state index contributed by atoms with van der Waals surface area (Å²) >= 11 is 3.36. The maximum atomic E-state index is 11.5. The molecule has 17 heavy (non-hydrogen) atoms. The number of halogens is 1. The SMILES string of the molecule is C=CCNCC(=O)Nc1ccc(OC)c(Br)c1. The normalized spacial score (nSPS) is 9.76. The monoisotopic (exact) mass is 298 g/mol. The van der Waals surface area contributed by atoms with Crippen LogP contribution in [0.15, 0.2) is 35.3 Å². The maximum Gasteiger partial charge on any atom is 0.238 e. The van der Waals surface area contributed by atoms with Gasteiger partial charge in [0.2, 0.25) is 5.91 Å². The molecule has 0 radical (unpaired) electrons. The van der Waals surface area contributed by atoms with E-state index in [4.69, 9.17) is 4.74 Å². The van der Waals surface area contributed by atoms with E-state index in [9.17, 15) is 4.79 Å². The fourth-order valence-electron chi connectivity index (χ4n) is 1.24. The molecule has 1 aromatic carbocycles. The van der Waals surface area contributed by atoms with Crippen LogP contribution in [0.5, 0.6) is 5.75 Å². The summed E-state index contributed by atoms with van der Waals surface area (Å²) in [5.74, 6) is 0.636. The third-order valence-corrected chi connectivity index (χ3v) is 2.63. The summed E-state index contributed by atoms with van der Waals surface area (Å²) in [6.45, 7) is 4.43. The molecule has 0 aliphatic carbocycles. The highest BCUT2D eigenvalue weighted by Crippen LogP contribution is 2.27. The van der Waals surface area contributed by atoms with Gasteiger partial charge in [0, 0.05) is 12.2 Å². The lowest BCUT2D eigenvalue weighted by atomic mass is 10.3. The van der Waals surface area contributed by atoms with Gasteiger partial charge in [-0.1, -0.05) is 6.08 Å². The van der Waals surface area contributed by atoms with E-state index in [1.165, 1.54) is 0 Å². The lowest BCUT2D eigenvalue weighted by molar-refractivity contribution is -0.115. The summed E-state index contributed by atoms with van der Waals surface area (Å²) in [5.41, 5.74) is 0.725. The lowest BCUT2D eigenvalue weighted by Gasteiger charge is -2.08. The first-order valence-corrected chi connectivity index (χ1v) is 5.91. The molecule has 1 rings (SSSR count). The van der Waals surface area contributed by atoms with E-state index < -0.39 is 0 Å². The van der Waals surface area contributed by atoms with E-state index in [0.29, 0.717) is 6.54 Å². The van der Waals surface area contributed by atoms with E-state index in [1.54, 1.807) is 31.4 Å². The molecule has 0 aliphatic rings. The van der Waals surface area contributed by atoms with Crippen LogP contribution in [0.4, 0.5) is 5.69 Å². The minimum atomic E-state index is -0.0936. The fraction of sp³-hybridized carbons (Fsp3) is 0.250. The van der Waals surface area contributed by atoms with Gasteiger partial charge in [-0.3, -0.25) is 4.79 Å². The van der Waals surface area contributed by atoms with Gasteiger partial charge in [-0.15, -0.1) is 6.58 Å². The Balaban J connectivity index is 2.53. The van der Waals surface area contributed by atoms with Crippen LogP contribution < -0.4 is 15.4 Å². The predicted molar refractivity (Wildman–Crippen MR) is 72.4 cm³/mol. The quantitative estimate of drug-likeness (QED) is 0.625. The van der Waals surface area contributed by atoms with Crippen molar-refractivity contribution in [1.29, 1.82) is 0 Å². The van der Waals surface area contributed by atoms with E-state index in [2.05, 4.69) is 33.1 Å². The number of hydrogen-bond donors (Lipinski definition) is 2. The molecule has 1 amide bonds. The summed E-state index contributed by atoms with van der Waals surface area (Å²) in [4.78, 5) is 11.5. The lowest BCUT2D eigenvalue weighted by Crippen LogP contribution is -2.28. The minimum absolute atomic E-state index is 0.0936. The molecule has 0 bridgehead atoms. The summed E-state index contributed by atoms with van der Waals surface area (Å²) < 4.78 is 5.90. The number of ether oxygens (including phenoxy) is 1. The zero-order valence-electron chi connectivity index (χ0n) is 9.63. The number of nitrogens with one attached hydrogen (secondary N) is 2. The standard InChI is InChI=1S/C12H15BrN2O2/c1-3-6-14-8-12(16)15-9-4-5-11(17-2)10(13)7-9/h3-5,7,14H,1,6,8H2,2H3,(H,15,16). The first kappa shape index (κ1) is 13.7. The Morgan fingerprint density at radius 2 is 2.35 bits per heavy atom. The van der Waals surface area contributed by atoms with Gasteiger partial charge in [-0.2, -0.15) is 0 Å². The third kappa shape index (κ3) is 4.58. The van der Waals surface area contributed by atoms with Crippen molar-refractivity contribution in [2.24, 2.45) is 0 Å². The number of carbonyl (C=O) groups is 1. The molecule has 1 aromatic rings. The Hall–Kier alpha value is -1.33. The van der Waals surface area contributed by atoms with E-state index in [1.807, 2.05) is 0 Å². The van der Waals surface area contributed by atoms with Crippen molar-refractivity contribution in [2.45, 2.75) is 0 Å². The van der Waals surface area contributed by atoms with Gasteiger partial charge in [0.25, 0.3) is 0 Å². The van der Waals surface area contributed by atoms with Crippen molar-refractivity contribution in [1.82, 2.24) is 5.32 Å². The van der Waals surface area contributed by atoms with Crippen molar-refractivity contribution in [3.8, 4) is 5.75 Å². The Kier molecular flexibility index (Phi) is 5.72. The van der Waals surface area contributed by atoms with Crippen LogP contribution in [0.2, 0.25) is 0 Å². The Bertz CT molecular complexity index is 407. The van der Waals surface area contributed by atoms with Gasteiger partial charge in [0.05, 0.1) is 18.1 Å².